The van der Waals surface area contributed by atoms with Crippen molar-refractivity contribution in [1.29, 1.82) is 0 Å². The van der Waals surface area contributed by atoms with E-state index in [0.29, 0.717) is 11.3 Å². The number of rotatable bonds is 4. The van der Waals surface area contributed by atoms with E-state index in [0.717, 1.165) is 5.56 Å². The second kappa shape index (κ2) is 6.04. The predicted octanol–water partition coefficient (Wildman–Crippen LogP) is 2.17. The van der Waals surface area contributed by atoms with Crippen molar-refractivity contribution in [3.05, 3.63) is 65.7 Å². The highest BCUT2D eigenvalue weighted by atomic mass is 16.2. The number of para-hydroxylation sites is 1. The predicted molar refractivity (Wildman–Crippen MR) is 85.8 cm³/mol. The van der Waals surface area contributed by atoms with Crippen LogP contribution >= 0.6 is 0 Å². The van der Waals surface area contributed by atoms with Gasteiger partial charge in [-0.25, -0.2) is 0 Å². The Balaban J connectivity index is 1.76. The Morgan fingerprint density at radius 2 is 1.70 bits per heavy atom. The van der Waals surface area contributed by atoms with E-state index in [1.54, 1.807) is 31.2 Å². The molecule has 0 spiro atoms. The van der Waals surface area contributed by atoms with E-state index >= 15 is 0 Å². The smallest absolute Gasteiger partial charge is 0.289 e. The summed E-state index contributed by atoms with van der Waals surface area (Å²) >= 11 is 0. The summed E-state index contributed by atoms with van der Waals surface area (Å²) in [6.45, 7) is 1.79. The fourth-order valence-corrected chi connectivity index (χ4v) is 2.69. The first kappa shape index (κ1) is 15.0. The molecule has 5 nitrogen and oxygen atoms in total. The van der Waals surface area contributed by atoms with Crippen LogP contribution in [-0.2, 0) is 14.4 Å². The number of ketones is 1. The maximum absolute atomic E-state index is 12.4. The molecule has 0 fully saturated rings. The summed E-state index contributed by atoms with van der Waals surface area (Å²) in [4.78, 5) is 36.7. The van der Waals surface area contributed by atoms with E-state index in [1.807, 2.05) is 30.3 Å². The molecule has 2 aromatic carbocycles. The average molecular weight is 308 g/mol. The normalized spacial score (nSPS) is 17.1. The number of benzene rings is 2. The number of hydrogen-bond acceptors (Lipinski definition) is 3. The first-order valence-corrected chi connectivity index (χ1v) is 7.37. The summed E-state index contributed by atoms with van der Waals surface area (Å²) in [5.41, 5.74) is 2.02. The molecule has 0 radical (unpaired) electrons. The van der Waals surface area contributed by atoms with Crippen molar-refractivity contribution in [2.24, 2.45) is 0 Å². The minimum Gasteiger partial charge on any atom is -0.343 e. The van der Waals surface area contributed by atoms with Gasteiger partial charge >= 0.3 is 0 Å². The van der Waals surface area contributed by atoms with Crippen LogP contribution in [0.2, 0.25) is 0 Å². The molecule has 23 heavy (non-hydrogen) atoms. The number of nitrogens with one attached hydrogen (secondary N) is 2. The van der Waals surface area contributed by atoms with E-state index in [-0.39, 0.29) is 6.04 Å². The van der Waals surface area contributed by atoms with Crippen molar-refractivity contribution in [1.82, 2.24) is 5.32 Å². The molecule has 0 unspecified atom stereocenters. The number of fused-ring (bicyclic) bond motifs is 1. The Morgan fingerprint density at radius 1 is 1.04 bits per heavy atom. The van der Waals surface area contributed by atoms with E-state index in [2.05, 4.69) is 10.6 Å². The molecule has 0 saturated heterocycles. The van der Waals surface area contributed by atoms with Gasteiger partial charge in [0.05, 0.1) is 6.04 Å². The molecule has 2 amide bonds. The van der Waals surface area contributed by atoms with Crippen molar-refractivity contribution in [2.75, 3.05) is 5.32 Å². The maximum atomic E-state index is 12.4. The highest BCUT2D eigenvalue weighted by Gasteiger charge is 2.39. The number of anilines is 1. The van der Waals surface area contributed by atoms with Crippen LogP contribution in [0.1, 0.15) is 30.0 Å². The Labute approximate surface area is 133 Å². The number of hydrogen-bond donors (Lipinski definition) is 2. The Morgan fingerprint density at radius 3 is 2.43 bits per heavy atom. The second-order valence-electron chi connectivity index (χ2n) is 5.48. The topological polar surface area (TPSA) is 75.3 Å². The number of carbonyl (C=O) groups is 3. The third-order valence-electron chi connectivity index (χ3n) is 3.93. The van der Waals surface area contributed by atoms with Crippen molar-refractivity contribution in [3.8, 4) is 0 Å². The van der Waals surface area contributed by atoms with E-state index in [4.69, 9.17) is 0 Å². The van der Waals surface area contributed by atoms with Gasteiger partial charge in [0.2, 0.25) is 11.7 Å². The second-order valence-corrected chi connectivity index (χ2v) is 5.48. The maximum Gasteiger partial charge on any atom is 0.289 e. The van der Waals surface area contributed by atoms with Gasteiger partial charge in [0, 0.05) is 5.69 Å². The van der Waals surface area contributed by atoms with Crippen LogP contribution in [0, 0.1) is 0 Å². The number of Topliss-reactive ketones (excluding diaryl/α,β-unsaturated/α-hetero) is 1. The van der Waals surface area contributed by atoms with Crippen molar-refractivity contribution < 1.29 is 14.4 Å². The van der Waals surface area contributed by atoms with Gasteiger partial charge in [0.15, 0.2) is 0 Å². The molecule has 1 aliphatic heterocycles. The molecule has 0 bridgehead atoms. The van der Waals surface area contributed by atoms with Crippen LogP contribution in [0.15, 0.2) is 54.6 Å². The lowest BCUT2D eigenvalue weighted by atomic mass is 9.95. The largest absolute Gasteiger partial charge is 0.343 e. The van der Waals surface area contributed by atoms with Gasteiger partial charge in [0.25, 0.3) is 5.91 Å². The Bertz CT molecular complexity index is 771. The van der Waals surface area contributed by atoms with Gasteiger partial charge in [-0.15, -0.1) is 0 Å². The van der Waals surface area contributed by atoms with Crippen LogP contribution in [0.3, 0.4) is 0 Å². The minimum atomic E-state index is -1.07. The molecule has 0 aliphatic carbocycles. The third-order valence-corrected chi connectivity index (χ3v) is 3.93. The standard InChI is InChI=1S/C18H16N2O3/c1-11(12-7-3-2-4-8-12)19-18(23)16(21)15-13-9-5-6-10-14(13)20-17(15)22/h2-11,15H,1H3,(H,19,23)(H,20,22)/t11-,15-/m0/s1. The molecule has 2 aromatic rings. The van der Waals surface area contributed by atoms with E-state index in [9.17, 15) is 14.4 Å². The zero-order valence-electron chi connectivity index (χ0n) is 12.6. The molecular formula is C18H16N2O3. The van der Waals surface area contributed by atoms with Crippen LogP contribution in [0.5, 0.6) is 0 Å². The summed E-state index contributed by atoms with van der Waals surface area (Å²) in [7, 11) is 0. The lowest BCUT2D eigenvalue weighted by Crippen LogP contribution is -2.38. The van der Waals surface area contributed by atoms with Crippen LogP contribution in [-0.4, -0.2) is 17.6 Å². The van der Waals surface area contributed by atoms with E-state index in [1.165, 1.54) is 0 Å². The first-order valence-electron chi connectivity index (χ1n) is 7.37. The molecule has 0 aromatic heterocycles. The summed E-state index contributed by atoms with van der Waals surface area (Å²) in [6.07, 6.45) is 0. The fourth-order valence-electron chi connectivity index (χ4n) is 2.69. The van der Waals surface area contributed by atoms with Crippen LogP contribution in [0.4, 0.5) is 5.69 Å². The molecule has 116 valence electrons. The highest BCUT2D eigenvalue weighted by molar-refractivity contribution is 6.44. The lowest BCUT2D eigenvalue weighted by Gasteiger charge is -2.15. The van der Waals surface area contributed by atoms with Gasteiger partial charge in [0.1, 0.15) is 5.92 Å². The van der Waals surface area contributed by atoms with Crippen molar-refractivity contribution >= 4 is 23.3 Å². The van der Waals surface area contributed by atoms with Gasteiger partial charge < -0.3 is 10.6 Å². The molecule has 2 N–H and O–H groups in total. The van der Waals surface area contributed by atoms with Crippen molar-refractivity contribution in [2.45, 2.75) is 18.9 Å². The summed E-state index contributed by atoms with van der Waals surface area (Å²) in [5, 5.41) is 5.28. The average Bonchev–Trinajstić information content (AvgIpc) is 2.90. The molecule has 0 saturated carbocycles. The fraction of sp³-hybridized carbons (Fsp3) is 0.167. The first-order chi connectivity index (χ1) is 11.1. The van der Waals surface area contributed by atoms with Gasteiger partial charge in [-0.3, -0.25) is 14.4 Å². The summed E-state index contributed by atoms with van der Waals surface area (Å²) in [6, 6.07) is 15.9. The van der Waals surface area contributed by atoms with Gasteiger partial charge in [-0.05, 0) is 24.1 Å². The zero-order chi connectivity index (χ0) is 16.4. The third kappa shape index (κ3) is 2.85. The quantitative estimate of drug-likeness (QED) is 0.671. The molecule has 3 rings (SSSR count). The minimum absolute atomic E-state index is 0.313. The number of carbonyl (C=O) groups excluding carboxylic acids is 3. The summed E-state index contributed by atoms with van der Waals surface area (Å²) < 4.78 is 0. The van der Waals surface area contributed by atoms with E-state index < -0.39 is 23.5 Å². The van der Waals surface area contributed by atoms with Crippen LogP contribution < -0.4 is 10.6 Å². The van der Waals surface area contributed by atoms with Crippen LogP contribution in [0.25, 0.3) is 0 Å². The van der Waals surface area contributed by atoms with Gasteiger partial charge in [-0.1, -0.05) is 48.5 Å². The highest BCUT2D eigenvalue weighted by Crippen LogP contribution is 2.32. The SMILES string of the molecule is C[C@H](NC(=O)C(=O)[C@H]1C(=O)Nc2ccccc21)c1ccccc1. The Hall–Kier alpha value is -2.95. The molecule has 5 heteroatoms. The monoisotopic (exact) mass is 308 g/mol. The molecular weight excluding hydrogens is 292 g/mol. The summed E-state index contributed by atoms with van der Waals surface area (Å²) in [5.74, 6) is -3.03. The van der Waals surface area contributed by atoms with Crippen molar-refractivity contribution in [3.63, 3.8) is 0 Å². The molecule has 2 atom stereocenters. The molecule has 1 heterocycles. The lowest BCUT2D eigenvalue weighted by molar-refractivity contribution is -0.141. The zero-order valence-corrected chi connectivity index (χ0v) is 12.6. The number of amides is 2. The van der Waals surface area contributed by atoms with Gasteiger partial charge in [-0.2, -0.15) is 0 Å². The Kier molecular flexibility index (Phi) is 3.93. The molecule has 1 aliphatic rings.